The summed E-state index contributed by atoms with van der Waals surface area (Å²) in [6.45, 7) is 14.9. The van der Waals surface area contributed by atoms with Crippen LogP contribution in [0.4, 0.5) is 0 Å². The largest absolute Gasteiger partial charge is 0.295 e. The minimum atomic E-state index is 0.0472. The topological polar surface area (TPSA) is 17.1 Å². The molecule has 1 nitrogen and oxygen atoms in total. The van der Waals surface area contributed by atoms with Crippen LogP contribution in [0.15, 0.2) is 37.0 Å². The molecule has 0 unspecified atom stereocenters. The Hall–Kier alpha value is -1.11. The van der Waals surface area contributed by atoms with Crippen molar-refractivity contribution in [3.05, 3.63) is 37.0 Å². The van der Waals surface area contributed by atoms with Crippen LogP contribution in [0.3, 0.4) is 0 Å². The lowest BCUT2D eigenvalue weighted by molar-refractivity contribution is -0.115. The van der Waals surface area contributed by atoms with Crippen molar-refractivity contribution in [2.24, 2.45) is 5.92 Å². The fourth-order valence-electron chi connectivity index (χ4n) is 1.05. The van der Waals surface area contributed by atoms with Crippen LogP contribution in [-0.2, 0) is 4.79 Å². The second-order valence-electron chi connectivity index (χ2n) is 3.12. The molecule has 0 bridgehead atoms. The zero-order valence-corrected chi connectivity index (χ0v) is 7.89. The van der Waals surface area contributed by atoms with Gasteiger partial charge < -0.3 is 0 Å². The van der Waals surface area contributed by atoms with Gasteiger partial charge in [-0.15, -0.1) is 0 Å². The third-order valence-corrected chi connectivity index (χ3v) is 1.82. The zero-order valence-electron chi connectivity index (χ0n) is 7.89. The number of ketones is 1. The van der Waals surface area contributed by atoms with E-state index >= 15 is 0 Å². The predicted octanol–water partition coefficient (Wildman–Crippen LogP) is 2.90. The maximum atomic E-state index is 11.0. The fraction of sp³-hybridized carbons (Fsp3) is 0.364. The Balaban J connectivity index is 4.34. The first-order valence-corrected chi connectivity index (χ1v) is 3.95. The summed E-state index contributed by atoms with van der Waals surface area (Å²) in [4.78, 5) is 11.0. The number of rotatable bonds is 5. The van der Waals surface area contributed by atoms with Gasteiger partial charge in [0.2, 0.25) is 0 Å². The van der Waals surface area contributed by atoms with E-state index in [0.717, 1.165) is 11.1 Å². The molecular formula is C11H16O. The van der Waals surface area contributed by atoms with E-state index in [2.05, 4.69) is 19.7 Å². The first kappa shape index (κ1) is 10.9. The molecule has 0 radical (unpaired) electrons. The molecule has 1 heteroatoms. The summed E-state index contributed by atoms with van der Waals surface area (Å²) in [5, 5.41) is 0. The summed E-state index contributed by atoms with van der Waals surface area (Å²) in [6, 6.07) is 0. The van der Waals surface area contributed by atoms with Crippen molar-refractivity contribution < 1.29 is 4.79 Å². The molecule has 0 aromatic heterocycles. The van der Waals surface area contributed by atoms with Crippen LogP contribution in [0.25, 0.3) is 0 Å². The molecule has 0 spiro atoms. The van der Waals surface area contributed by atoms with Crippen molar-refractivity contribution in [1.29, 1.82) is 0 Å². The highest BCUT2D eigenvalue weighted by Gasteiger charge is 2.12. The second-order valence-corrected chi connectivity index (χ2v) is 3.12. The smallest absolute Gasteiger partial charge is 0.156 e. The van der Waals surface area contributed by atoms with E-state index in [-0.39, 0.29) is 11.7 Å². The summed E-state index contributed by atoms with van der Waals surface area (Å²) in [6.07, 6.45) is 1.80. The number of allylic oxidation sites excluding steroid dienone is 3. The summed E-state index contributed by atoms with van der Waals surface area (Å²) >= 11 is 0. The zero-order chi connectivity index (χ0) is 9.72. The third-order valence-electron chi connectivity index (χ3n) is 1.82. The van der Waals surface area contributed by atoms with Crippen molar-refractivity contribution in [3.63, 3.8) is 0 Å². The number of carbonyl (C=O) groups excluding carboxylic acids is 1. The molecule has 0 aromatic carbocycles. The molecule has 0 aromatic rings. The molecule has 0 N–H and O–H groups in total. The average Bonchev–Trinajstić information content (AvgIpc) is 1.98. The van der Waals surface area contributed by atoms with E-state index in [9.17, 15) is 4.79 Å². The van der Waals surface area contributed by atoms with Gasteiger partial charge in [0.05, 0.1) is 0 Å². The molecule has 0 atom stereocenters. The molecule has 66 valence electrons. The average molecular weight is 164 g/mol. The van der Waals surface area contributed by atoms with Gasteiger partial charge in [-0.3, -0.25) is 4.79 Å². The first-order valence-electron chi connectivity index (χ1n) is 3.95. The van der Waals surface area contributed by atoms with Crippen LogP contribution in [0, 0.1) is 5.92 Å². The minimum absolute atomic E-state index is 0.0472. The molecule has 0 saturated carbocycles. The van der Waals surface area contributed by atoms with E-state index in [1.54, 1.807) is 0 Å². The standard InChI is InChI=1S/C11H16O/c1-6-10(12)7-11(8(2)3)9(4)5/h6,11H,1-2,4,7H2,3,5H3. The van der Waals surface area contributed by atoms with Crippen LogP contribution in [0.5, 0.6) is 0 Å². The van der Waals surface area contributed by atoms with Gasteiger partial charge in [0.1, 0.15) is 0 Å². The molecule has 0 heterocycles. The van der Waals surface area contributed by atoms with Gasteiger partial charge in [-0.2, -0.15) is 0 Å². The van der Waals surface area contributed by atoms with Gasteiger partial charge in [0, 0.05) is 12.3 Å². The van der Waals surface area contributed by atoms with Gasteiger partial charge in [-0.05, 0) is 19.9 Å². The summed E-state index contributed by atoms with van der Waals surface area (Å²) in [5.41, 5.74) is 1.97. The van der Waals surface area contributed by atoms with Crippen LogP contribution >= 0.6 is 0 Å². The lowest BCUT2D eigenvalue weighted by Crippen LogP contribution is -2.08. The van der Waals surface area contributed by atoms with E-state index in [1.807, 2.05) is 13.8 Å². The molecule has 0 saturated heterocycles. The van der Waals surface area contributed by atoms with E-state index in [1.165, 1.54) is 6.08 Å². The number of hydrogen-bond acceptors (Lipinski definition) is 1. The van der Waals surface area contributed by atoms with E-state index < -0.39 is 0 Å². The van der Waals surface area contributed by atoms with Crippen LogP contribution in [0.2, 0.25) is 0 Å². The van der Waals surface area contributed by atoms with E-state index in [0.29, 0.717) is 6.42 Å². The Morgan fingerprint density at radius 2 is 1.75 bits per heavy atom. The third kappa shape index (κ3) is 3.33. The van der Waals surface area contributed by atoms with Gasteiger partial charge in [0.15, 0.2) is 5.78 Å². The maximum Gasteiger partial charge on any atom is 0.156 e. The second kappa shape index (κ2) is 4.70. The van der Waals surface area contributed by atoms with Crippen molar-refractivity contribution in [2.75, 3.05) is 0 Å². The Morgan fingerprint density at radius 1 is 1.33 bits per heavy atom. The van der Waals surface area contributed by atoms with Crippen LogP contribution in [-0.4, -0.2) is 5.78 Å². The van der Waals surface area contributed by atoms with Crippen molar-refractivity contribution >= 4 is 5.78 Å². The van der Waals surface area contributed by atoms with Crippen LogP contribution in [0.1, 0.15) is 20.3 Å². The normalized spacial score (nSPS) is 9.58. The minimum Gasteiger partial charge on any atom is -0.295 e. The molecule has 0 aliphatic heterocycles. The summed E-state index contributed by atoms with van der Waals surface area (Å²) in [5.74, 6) is 0.154. The Labute approximate surface area is 74.5 Å². The number of carbonyl (C=O) groups is 1. The van der Waals surface area contributed by atoms with Gasteiger partial charge in [-0.1, -0.05) is 30.9 Å². The molecular weight excluding hydrogens is 148 g/mol. The fourth-order valence-corrected chi connectivity index (χ4v) is 1.05. The maximum absolute atomic E-state index is 11.0. The highest BCUT2D eigenvalue weighted by Crippen LogP contribution is 2.21. The SMILES string of the molecule is C=CC(=O)CC(C(=C)C)C(=C)C. The molecule has 12 heavy (non-hydrogen) atoms. The Morgan fingerprint density at radius 3 is 2.00 bits per heavy atom. The van der Waals surface area contributed by atoms with Crippen molar-refractivity contribution in [2.45, 2.75) is 20.3 Å². The monoisotopic (exact) mass is 164 g/mol. The summed E-state index contributed by atoms with van der Waals surface area (Å²) in [7, 11) is 0. The van der Waals surface area contributed by atoms with Crippen molar-refractivity contribution in [3.8, 4) is 0 Å². The molecule has 0 rings (SSSR count). The number of hydrogen-bond donors (Lipinski definition) is 0. The molecule has 0 amide bonds. The quantitative estimate of drug-likeness (QED) is 0.451. The predicted molar refractivity (Wildman–Crippen MR) is 52.9 cm³/mol. The highest BCUT2D eigenvalue weighted by molar-refractivity contribution is 5.89. The Bertz CT molecular complexity index is 209. The molecule has 0 aliphatic carbocycles. The summed E-state index contributed by atoms with van der Waals surface area (Å²) < 4.78 is 0. The molecule has 0 fully saturated rings. The van der Waals surface area contributed by atoms with Gasteiger partial charge in [0.25, 0.3) is 0 Å². The van der Waals surface area contributed by atoms with Gasteiger partial charge >= 0.3 is 0 Å². The molecule has 0 aliphatic rings. The van der Waals surface area contributed by atoms with Crippen LogP contribution < -0.4 is 0 Å². The van der Waals surface area contributed by atoms with E-state index in [4.69, 9.17) is 0 Å². The first-order chi connectivity index (χ1) is 5.49. The Kier molecular flexibility index (Phi) is 4.27. The van der Waals surface area contributed by atoms with Gasteiger partial charge in [-0.25, -0.2) is 0 Å². The highest BCUT2D eigenvalue weighted by atomic mass is 16.1. The lowest BCUT2D eigenvalue weighted by Gasteiger charge is -2.14. The lowest BCUT2D eigenvalue weighted by atomic mass is 9.90. The van der Waals surface area contributed by atoms with Crippen molar-refractivity contribution in [1.82, 2.24) is 0 Å².